The van der Waals surface area contributed by atoms with Gasteiger partial charge >= 0.3 is 0 Å². The number of aryl methyl sites for hydroxylation is 1. The lowest BCUT2D eigenvalue weighted by atomic mass is 9.89. The van der Waals surface area contributed by atoms with Crippen LogP contribution in [0.2, 0.25) is 0 Å². The average molecular weight is 340 g/mol. The molecule has 2 heterocycles. The third kappa shape index (κ3) is 3.76. The van der Waals surface area contributed by atoms with Crippen LogP contribution in [0.1, 0.15) is 36.1 Å². The predicted octanol–water partition coefficient (Wildman–Crippen LogP) is 3.18. The summed E-state index contributed by atoms with van der Waals surface area (Å²) >= 11 is 0. The largest absolute Gasteiger partial charge is 0.493 e. The van der Waals surface area contributed by atoms with Crippen molar-refractivity contribution in [1.82, 2.24) is 9.88 Å². The normalized spacial score (nSPS) is 16.2. The number of carbonyl (C=O) groups is 1. The molecule has 1 aliphatic heterocycles. The highest BCUT2D eigenvalue weighted by molar-refractivity contribution is 5.55. The molecule has 1 amide bonds. The first-order chi connectivity index (χ1) is 12.3. The van der Waals surface area contributed by atoms with Crippen LogP contribution in [0.5, 0.6) is 11.5 Å². The van der Waals surface area contributed by atoms with Gasteiger partial charge in [0.1, 0.15) is 0 Å². The average Bonchev–Trinajstić information content (AvgIpc) is 2.66. The first-order valence-corrected chi connectivity index (χ1v) is 8.70. The Bertz CT molecular complexity index is 718. The molecule has 5 heteroatoms. The first-order valence-electron chi connectivity index (χ1n) is 8.70. The molecule has 0 fully saturated rings. The van der Waals surface area contributed by atoms with E-state index in [1.54, 1.807) is 13.3 Å². The molecule has 0 bridgehead atoms. The van der Waals surface area contributed by atoms with E-state index in [0.717, 1.165) is 49.3 Å². The van der Waals surface area contributed by atoms with Crippen molar-refractivity contribution in [1.29, 1.82) is 0 Å². The van der Waals surface area contributed by atoms with Crippen LogP contribution in [0.25, 0.3) is 0 Å². The summed E-state index contributed by atoms with van der Waals surface area (Å²) in [7, 11) is 1.66. The second-order valence-electron chi connectivity index (χ2n) is 6.14. The predicted molar refractivity (Wildman–Crippen MR) is 95.9 cm³/mol. The third-order valence-electron chi connectivity index (χ3n) is 4.69. The Hall–Kier alpha value is -2.56. The minimum absolute atomic E-state index is 0.0477. The summed E-state index contributed by atoms with van der Waals surface area (Å²) in [6.45, 7) is 3.26. The Morgan fingerprint density at radius 2 is 2.24 bits per heavy atom. The van der Waals surface area contributed by atoms with Crippen LogP contribution < -0.4 is 9.47 Å². The molecule has 3 rings (SSSR count). The van der Waals surface area contributed by atoms with E-state index in [1.165, 1.54) is 11.1 Å². The summed E-state index contributed by atoms with van der Waals surface area (Å²) < 4.78 is 11.2. The number of pyridine rings is 1. The number of nitrogens with zero attached hydrogens (tertiary/aromatic N) is 2. The standard InChI is InChI=1S/C20H24N2O3/c1-3-25-20-12-17-16(11-19(20)24-2)8-10-22(14-23)18(17)7-6-15-5-4-9-21-13-15/h4-5,9,11-14,18H,3,6-8,10H2,1-2H3. The zero-order chi connectivity index (χ0) is 17.6. The number of rotatable bonds is 7. The SMILES string of the molecule is CCOc1cc2c(cc1OC)CCN(C=O)C2CCc1cccnc1. The van der Waals surface area contributed by atoms with Crippen molar-refractivity contribution >= 4 is 6.41 Å². The monoisotopic (exact) mass is 340 g/mol. The molecule has 0 saturated heterocycles. The molecule has 0 aliphatic carbocycles. The summed E-state index contributed by atoms with van der Waals surface area (Å²) in [6, 6.07) is 8.16. The van der Waals surface area contributed by atoms with Gasteiger partial charge in [0.2, 0.25) is 6.41 Å². The van der Waals surface area contributed by atoms with Gasteiger partial charge in [-0.15, -0.1) is 0 Å². The molecule has 0 N–H and O–H groups in total. The van der Waals surface area contributed by atoms with Gasteiger partial charge in [-0.05, 0) is 61.1 Å². The number of aromatic nitrogens is 1. The third-order valence-corrected chi connectivity index (χ3v) is 4.69. The number of amides is 1. The molecule has 25 heavy (non-hydrogen) atoms. The fraction of sp³-hybridized carbons (Fsp3) is 0.400. The van der Waals surface area contributed by atoms with Crippen molar-refractivity contribution in [2.45, 2.75) is 32.2 Å². The van der Waals surface area contributed by atoms with Crippen LogP contribution >= 0.6 is 0 Å². The van der Waals surface area contributed by atoms with Gasteiger partial charge in [0.15, 0.2) is 11.5 Å². The number of hydrogen-bond donors (Lipinski definition) is 0. The molecule has 0 saturated carbocycles. The first kappa shape index (κ1) is 17.3. The Labute approximate surface area is 148 Å². The molecular formula is C20H24N2O3. The summed E-state index contributed by atoms with van der Waals surface area (Å²) in [4.78, 5) is 17.6. The molecule has 0 radical (unpaired) electrons. The Kier molecular flexibility index (Phi) is 5.53. The van der Waals surface area contributed by atoms with E-state index >= 15 is 0 Å². The van der Waals surface area contributed by atoms with E-state index in [1.807, 2.05) is 30.2 Å². The van der Waals surface area contributed by atoms with Gasteiger partial charge in [-0.2, -0.15) is 0 Å². The molecule has 5 nitrogen and oxygen atoms in total. The zero-order valence-corrected chi connectivity index (χ0v) is 14.8. The van der Waals surface area contributed by atoms with Crippen LogP contribution in [0, 0.1) is 0 Å². The minimum atomic E-state index is 0.0477. The highest BCUT2D eigenvalue weighted by Gasteiger charge is 2.28. The Morgan fingerprint density at radius 3 is 2.92 bits per heavy atom. The smallest absolute Gasteiger partial charge is 0.210 e. The van der Waals surface area contributed by atoms with Crippen LogP contribution in [-0.4, -0.2) is 36.6 Å². The Morgan fingerprint density at radius 1 is 1.36 bits per heavy atom. The van der Waals surface area contributed by atoms with Crippen LogP contribution in [0.3, 0.4) is 0 Å². The molecule has 132 valence electrons. The van der Waals surface area contributed by atoms with Crippen molar-refractivity contribution in [3.63, 3.8) is 0 Å². The van der Waals surface area contributed by atoms with E-state index in [2.05, 4.69) is 17.1 Å². The number of ether oxygens (including phenoxy) is 2. The summed E-state index contributed by atoms with van der Waals surface area (Å²) in [6.07, 6.45) is 7.18. The van der Waals surface area contributed by atoms with E-state index in [9.17, 15) is 4.79 Å². The van der Waals surface area contributed by atoms with E-state index in [4.69, 9.17) is 9.47 Å². The van der Waals surface area contributed by atoms with Crippen LogP contribution in [-0.2, 0) is 17.6 Å². The number of hydrogen-bond acceptors (Lipinski definition) is 4. The van der Waals surface area contributed by atoms with Crippen molar-refractivity contribution in [2.75, 3.05) is 20.3 Å². The molecule has 1 unspecified atom stereocenters. The fourth-order valence-corrected chi connectivity index (χ4v) is 3.45. The maximum atomic E-state index is 11.6. The lowest BCUT2D eigenvalue weighted by molar-refractivity contribution is -0.120. The van der Waals surface area contributed by atoms with Gasteiger partial charge < -0.3 is 14.4 Å². The molecule has 1 aromatic carbocycles. The van der Waals surface area contributed by atoms with Gasteiger partial charge in [0.25, 0.3) is 0 Å². The van der Waals surface area contributed by atoms with Crippen LogP contribution in [0.4, 0.5) is 0 Å². The van der Waals surface area contributed by atoms with Gasteiger partial charge in [0.05, 0.1) is 19.8 Å². The minimum Gasteiger partial charge on any atom is -0.493 e. The number of benzene rings is 1. The van der Waals surface area contributed by atoms with Crippen molar-refractivity contribution < 1.29 is 14.3 Å². The summed E-state index contributed by atoms with van der Waals surface area (Å²) in [5.74, 6) is 1.49. The lowest BCUT2D eigenvalue weighted by Crippen LogP contribution is -2.34. The Balaban J connectivity index is 1.90. The van der Waals surface area contributed by atoms with Gasteiger partial charge in [-0.25, -0.2) is 0 Å². The van der Waals surface area contributed by atoms with Gasteiger partial charge in [-0.1, -0.05) is 6.07 Å². The van der Waals surface area contributed by atoms with Crippen molar-refractivity contribution in [3.8, 4) is 11.5 Å². The highest BCUT2D eigenvalue weighted by Crippen LogP contribution is 2.39. The van der Waals surface area contributed by atoms with Crippen molar-refractivity contribution in [3.05, 3.63) is 53.3 Å². The molecule has 2 aromatic rings. The van der Waals surface area contributed by atoms with Gasteiger partial charge in [-0.3, -0.25) is 9.78 Å². The summed E-state index contributed by atoms with van der Waals surface area (Å²) in [5.41, 5.74) is 3.57. The lowest BCUT2D eigenvalue weighted by Gasteiger charge is -2.35. The van der Waals surface area contributed by atoms with Crippen LogP contribution in [0.15, 0.2) is 36.7 Å². The molecule has 1 aromatic heterocycles. The number of carbonyl (C=O) groups excluding carboxylic acids is 1. The maximum Gasteiger partial charge on any atom is 0.210 e. The maximum absolute atomic E-state index is 11.6. The molecule has 0 spiro atoms. The summed E-state index contributed by atoms with van der Waals surface area (Å²) in [5, 5.41) is 0. The fourth-order valence-electron chi connectivity index (χ4n) is 3.45. The zero-order valence-electron chi connectivity index (χ0n) is 14.8. The number of methoxy groups -OCH3 is 1. The van der Waals surface area contributed by atoms with E-state index in [0.29, 0.717) is 6.61 Å². The van der Waals surface area contributed by atoms with Crippen molar-refractivity contribution in [2.24, 2.45) is 0 Å². The van der Waals surface area contributed by atoms with Gasteiger partial charge in [0, 0.05) is 18.9 Å². The molecule has 1 aliphatic rings. The quantitative estimate of drug-likeness (QED) is 0.727. The topological polar surface area (TPSA) is 51.7 Å². The number of fused-ring (bicyclic) bond motifs is 1. The molecule has 1 atom stereocenters. The van der Waals surface area contributed by atoms with E-state index < -0.39 is 0 Å². The molecular weight excluding hydrogens is 316 g/mol. The van der Waals surface area contributed by atoms with E-state index in [-0.39, 0.29) is 6.04 Å². The second kappa shape index (κ2) is 8.01. The highest BCUT2D eigenvalue weighted by atomic mass is 16.5. The second-order valence-corrected chi connectivity index (χ2v) is 6.14.